The average Bonchev–Trinajstić information content (AvgIpc) is 3.79. The van der Waals surface area contributed by atoms with Gasteiger partial charge in [-0.25, -0.2) is 0 Å². The number of carbonyl (C=O) groups excluding carboxylic acids is 8. The van der Waals surface area contributed by atoms with Crippen LogP contribution in [0.4, 0.5) is 0 Å². The third-order valence-electron chi connectivity index (χ3n) is 10.1. The number of hydrogen-bond acceptors (Lipinski definition) is 16. The SMILES string of the molecule is CNCC(=O)N[C@H]1C[S+]([O-])c2[nH]c3cc(O[SH](=O)=O)ccc3c2C[C@@H](C(=O)NCC(=O)NC)NC(=O)[C@H]([C@@H](C)[C@@H](O)CO)NC(=O)[C@@H]2C[C@@H](O)CN2C(=O)[C@H](CC(N)=O)NC1=O. The number of likely N-dealkylation sites (N-methyl/N-ethyl adjacent to an activating group) is 2. The summed E-state index contributed by atoms with van der Waals surface area (Å²) in [6, 6.07) is -4.79. The number of thiol groups is 1. The van der Waals surface area contributed by atoms with Gasteiger partial charge in [-0.2, -0.15) is 8.42 Å². The third kappa shape index (κ3) is 12.5. The van der Waals surface area contributed by atoms with E-state index in [1.807, 2.05) is 0 Å². The van der Waals surface area contributed by atoms with Gasteiger partial charge in [0.05, 0.1) is 43.8 Å². The molecule has 3 heterocycles. The molecule has 0 saturated carbocycles. The monoisotopic (exact) mass is 914 g/mol. The first-order chi connectivity index (χ1) is 29.3. The van der Waals surface area contributed by atoms with E-state index < -0.39 is 162 Å². The maximum absolute atomic E-state index is 14.5. The fraction of sp³-hybridized carbons (Fsp3) is 0.543. The van der Waals surface area contributed by atoms with Crippen molar-refractivity contribution in [2.24, 2.45) is 11.7 Å². The number of hydrogen-bond donors (Lipinski definition) is 13. The maximum Gasteiger partial charge on any atom is 0.299 e. The number of amides is 8. The van der Waals surface area contributed by atoms with Crippen LogP contribution in [-0.4, -0.2) is 174 Å². The lowest BCUT2D eigenvalue weighted by molar-refractivity contribution is -0.144. The highest BCUT2D eigenvalue weighted by molar-refractivity contribution is 7.91. The molecule has 0 radical (unpaired) electrons. The maximum atomic E-state index is 14.5. The summed E-state index contributed by atoms with van der Waals surface area (Å²) in [5, 5.41) is 48.0. The molecule has 2 aromatic rings. The Kier molecular flexibility index (Phi) is 17.4. The van der Waals surface area contributed by atoms with Crippen LogP contribution in [0, 0.1) is 5.92 Å². The molecule has 0 bridgehead atoms. The van der Waals surface area contributed by atoms with Crippen LogP contribution in [0.3, 0.4) is 0 Å². The fourth-order valence-corrected chi connectivity index (χ4v) is 8.56. The Morgan fingerprint density at radius 1 is 1.05 bits per heavy atom. The van der Waals surface area contributed by atoms with E-state index in [1.54, 1.807) is 0 Å². The van der Waals surface area contributed by atoms with E-state index >= 15 is 0 Å². The molecule has 25 nitrogen and oxygen atoms in total. The first-order valence-electron chi connectivity index (χ1n) is 19.0. The molecule has 8 amide bonds. The van der Waals surface area contributed by atoms with E-state index in [4.69, 9.17) is 9.92 Å². The first-order valence-corrected chi connectivity index (χ1v) is 21.4. The molecule has 27 heteroatoms. The van der Waals surface area contributed by atoms with Crippen LogP contribution in [0.25, 0.3) is 10.9 Å². The van der Waals surface area contributed by atoms with Gasteiger partial charge in [-0.15, -0.1) is 0 Å². The van der Waals surface area contributed by atoms with Gasteiger partial charge < -0.3 is 76.9 Å². The topological polar surface area (TPSA) is 393 Å². The number of aliphatic hydroxyl groups excluding tert-OH is 3. The number of fused-ring (bicyclic) bond motifs is 4. The molecule has 13 N–H and O–H groups in total. The van der Waals surface area contributed by atoms with Crippen molar-refractivity contribution in [3.8, 4) is 5.75 Å². The van der Waals surface area contributed by atoms with Crippen LogP contribution >= 0.6 is 0 Å². The summed E-state index contributed by atoms with van der Waals surface area (Å²) in [5.41, 5.74) is 5.55. The number of nitrogens with two attached hydrogens (primary N) is 1. The van der Waals surface area contributed by atoms with Gasteiger partial charge in [0.15, 0.2) is 6.04 Å². The van der Waals surface area contributed by atoms with Crippen molar-refractivity contribution in [1.29, 1.82) is 0 Å². The highest BCUT2D eigenvalue weighted by Gasteiger charge is 2.45. The van der Waals surface area contributed by atoms with Crippen molar-refractivity contribution in [3.05, 3.63) is 23.8 Å². The summed E-state index contributed by atoms with van der Waals surface area (Å²) in [5.74, 6) is -10.2. The van der Waals surface area contributed by atoms with E-state index in [0.29, 0.717) is 0 Å². The minimum Gasteiger partial charge on any atom is -0.610 e. The minimum absolute atomic E-state index is 0.0278. The van der Waals surface area contributed by atoms with E-state index in [0.717, 1.165) is 4.90 Å². The van der Waals surface area contributed by atoms with Crippen LogP contribution in [-0.2, 0) is 66.9 Å². The predicted octanol–water partition coefficient (Wildman–Crippen LogP) is -7.42. The number of carbonyl (C=O) groups is 8. The standard InChI is InChI=1S/C35H50N10O15S2/c1-15(25(48)13-46)29-33(55)41-21(30(52)39-11-27(50)38-3)8-19-18-5-4-17(60-62(58)59)7-20(18)43-34(19)61(57)14-23(40-28(51)10-37-2)31(53)42-22(9-26(36)49)35(56)45-12-16(47)6-24(45)32(54)44-29/h4-5,7,15-16,21-25,29,37,43,46-48,62H,6,8-14H2,1-3H3,(H2,36,49)(H,38,50)(H,39,52)(H,40,51)(H,41,55)(H,42,53)(H,44,54)/t15-,16+,21-,22-,23-,24-,25-,29-,61?/m0/s1. The van der Waals surface area contributed by atoms with Crippen LogP contribution in [0.15, 0.2) is 23.2 Å². The number of aliphatic hydroxyl groups is 3. The zero-order chi connectivity index (χ0) is 46.0. The summed E-state index contributed by atoms with van der Waals surface area (Å²) >= 11 is -2.39. The number of benzene rings is 1. The molecule has 1 fully saturated rings. The van der Waals surface area contributed by atoms with Crippen molar-refractivity contribution in [2.75, 3.05) is 46.1 Å². The van der Waals surface area contributed by atoms with Crippen LogP contribution in [0.5, 0.6) is 5.75 Å². The Morgan fingerprint density at radius 3 is 2.39 bits per heavy atom. The molecule has 1 unspecified atom stereocenters. The largest absolute Gasteiger partial charge is 0.610 e. The second-order valence-corrected chi connectivity index (χ2v) is 16.6. The highest BCUT2D eigenvalue weighted by atomic mass is 32.2. The van der Waals surface area contributed by atoms with Gasteiger partial charge >= 0.3 is 0 Å². The zero-order valence-corrected chi connectivity index (χ0v) is 35.3. The van der Waals surface area contributed by atoms with Crippen molar-refractivity contribution in [2.45, 2.75) is 73.6 Å². The molecule has 62 heavy (non-hydrogen) atoms. The molecule has 9 atom stereocenters. The van der Waals surface area contributed by atoms with Gasteiger partial charge in [0.25, 0.3) is 11.0 Å². The molecule has 4 rings (SSSR count). The normalized spacial score (nSPS) is 24.9. The number of H-pyrrole nitrogens is 1. The van der Waals surface area contributed by atoms with E-state index in [2.05, 4.69) is 42.2 Å². The number of rotatable bonds is 13. The molecule has 2 aliphatic rings. The summed E-state index contributed by atoms with van der Waals surface area (Å²) in [7, 11) is -0.667. The van der Waals surface area contributed by atoms with Crippen molar-refractivity contribution >= 4 is 80.3 Å². The molecule has 342 valence electrons. The summed E-state index contributed by atoms with van der Waals surface area (Å²) in [6.07, 6.45) is -4.79. The number of nitrogens with one attached hydrogen (secondary N) is 8. The highest BCUT2D eigenvalue weighted by Crippen LogP contribution is 2.31. The molecule has 1 aromatic heterocycles. The molecule has 0 spiro atoms. The van der Waals surface area contributed by atoms with Crippen LogP contribution in [0.1, 0.15) is 25.3 Å². The number of nitrogens with zero attached hydrogens (tertiary/aromatic N) is 1. The van der Waals surface area contributed by atoms with E-state index in [-0.39, 0.29) is 33.8 Å². The Hall–Kier alpha value is -5.58. The Balaban J connectivity index is 1.97. The van der Waals surface area contributed by atoms with Gasteiger partial charge in [-0.1, -0.05) is 6.92 Å². The molecule has 1 saturated heterocycles. The molecular weight excluding hydrogens is 865 g/mol. The molecule has 2 aliphatic heterocycles. The zero-order valence-electron chi connectivity index (χ0n) is 33.6. The number of primary amides is 1. The molecule has 0 aliphatic carbocycles. The summed E-state index contributed by atoms with van der Waals surface area (Å²) in [6.45, 7) is -1.05. The Bertz CT molecular complexity index is 2110. The lowest BCUT2D eigenvalue weighted by Crippen LogP contribution is -2.62. The van der Waals surface area contributed by atoms with E-state index in [9.17, 15) is 66.6 Å². The average molecular weight is 915 g/mol. The predicted molar refractivity (Wildman–Crippen MR) is 215 cm³/mol. The molecular formula is C35H50N10O15S2. The lowest BCUT2D eigenvalue weighted by Gasteiger charge is -2.32. The lowest BCUT2D eigenvalue weighted by atomic mass is 9.93. The first kappa shape index (κ1) is 49.1. The van der Waals surface area contributed by atoms with Gasteiger partial charge in [0.2, 0.25) is 52.3 Å². The van der Waals surface area contributed by atoms with Crippen molar-refractivity contribution in [1.82, 2.24) is 47.1 Å². The van der Waals surface area contributed by atoms with Crippen LogP contribution < -0.4 is 47.1 Å². The van der Waals surface area contributed by atoms with Crippen molar-refractivity contribution in [3.63, 3.8) is 0 Å². The second-order valence-electron chi connectivity index (χ2n) is 14.5. The van der Waals surface area contributed by atoms with E-state index in [1.165, 1.54) is 39.2 Å². The number of aromatic amines is 1. The Labute approximate surface area is 358 Å². The van der Waals surface area contributed by atoms with Gasteiger partial charge in [-0.05, 0) is 19.2 Å². The van der Waals surface area contributed by atoms with Crippen molar-refractivity contribution < 1.29 is 70.8 Å². The summed E-state index contributed by atoms with van der Waals surface area (Å²) < 4.78 is 42.1. The van der Waals surface area contributed by atoms with Gasteiger partial charge in [-0.3, -0.25) is 38.4 Å². The third-order valence-corrected chi connectivity index (χ3v) is 11.9. The smallest absolute Gasteiger partial charge is 0.299 e. The van der Waals surface area contributed by atoms with Crippen LogP contribution in [0.2, 0.25) is 0 Å². The van der Waals surface area contributed by atoms with Gasteiger partial charge in [0.1, 0.15) is 35.7 Å². The summed E-state index contributed by atoms with van der Waals surface area (Å²) in [4.78, 5) is 111. The van der Waals surface area contributed by atoms with Gasteiger partial charge in [0, 0.05) is 60.5 Å². The quantitative estimate of drug-likeness (QED) is 0.0656. The second kappa shape index (κ2) is 22.0. The minimum atomic E-state index is -3.39. The molecule has 1 aromatic carbocycles. The number of aromatic nitrogens is 1. The fourth-order valence-electron chi connectivity index (χ4n) is 6.88. The Morgan fingerprint density at radius 2 is 1.76 bits per heavy atom.